The van der Waals surface area contributed by atoms with Crippen LogP contribution in [0.15, 0.2) is 213 Å². The maximum Gasteiger partial charge on any atom is 0.347 e. The first-order chi connectivity index (χ1) is 40.2. The van der Waals surface area contributed by atoms with E-state index in [0.29, 0.717) is 48.8 Å². The normalized spacial score (nSPS) is 11.1. The number of nitrogens with zero attached hydrogens (tertiary/aromatic N) is 2. The molecule has 0 unspecified atom stereocenters. The summed E-state index contributed by atoms with van der Waals surface area (Å²) in [7, 11) is 0. The molecule has 1 aromatic heterocycles. The number of benzene rings is 11. The lowest BCUT2D eigenvalue weighted by Crippen LogP contribution is -2.11. The molecule has 12 rings (SSSR count). The number of imidazole rings is 1. The van der Waals surface area contributed by atoms with Gasteiger partial charge in [-0.1, -0.05) is 175 Å². The third-order valence-corrected chi connectivity index (χ3v) is 14.5. The van der Waals surface area contributed by atoms with Crippen molar-refractivity contribution in [2.45, 2.75) is 34.0 Å². The van der Waals surface area contributed by atoms with E-state index in [1.54, 1.807) is 78.9 Å². The van der Waals surface area contributed by atoms with E-state index in [0.717, 1.165) is 27.8 Å². The van der Waals surface area contributed by atoms with E-state index in [4.69, 9.17) is 14.2 Å². The number of aromatic hydroxyl groups is 4. The molecule has 0 atom stereocenters. The lowest BCUT2D eigenvalue weighted by molar-refractivity contribution is 0.0460. The molecule has 12 aromatic rings. The highest BCUT2D eigenvalue weighted by atomic mass is 16.5. The quantitative estimate of drug-likeness (QED) is 0.0708. The molecule has 408 valence electrons. The zero-order chi connectivity index (χ0) is 57.9. The summed E-state index contributed by atoms with van der Waals surface area (Å²) in [5, 5.41) is 51.7. The van der Waals surface area contributed by atoms with Crippen LogP contribution in [-0.4, -0.2) is 53.8 Å². The molecule has 83 heavy (non-hydrogen) atoms. The number of esters is 3. The Morgan fingerprint density at radius 2 is 0.771 bits per heavy atom. The third-order valence-electron chi connectivity index (χ3n) is 14.5. The molecule has 0 aliphatic rings. The van der Waals surface area contributed by atoms with Gasteiger partial charge >= 0.3 is 17.9 Å². The standard InChI is InChI=1S/C37H28O6.C33H24N2O5/c1-22-15-17-24(18-16-22)21-42-36(40)29-19-25-10-4-6-12-27(25)32(34(29)38)33-28-13-7-5-11-26(28)20-30(35(33)39)37(41)43-31-14-8-3-9-23(31)2;1-20-10-12-21(13-11-20)18-40-33(39)27-17-23-7-3-5-9-25(23)29(31(27)37)28-24-8-4-2-6-22(24)16-26(30(28)36)32(38)35-15-14-34-19-35/h3-20,38-39H,21H2,1-2H3;2-17,19,36-37H,18H2,1H3. The highest BCUT2D eigenvalue weighted by Gasteiger charge is 2.29. The van der Waals surface area contributed by atoms with Crippen molar-refractivity contribution in [3.8, 4) is 51.0 Å². The summed E-state index contributed by atoms with van der Waals surface area (Å²) in [5.41, 5.74) is 5.29. The zero-order valence-electron chi connectivity index (χ0n) is 45.2. The molecule has 0 spiro atoms. The number of fused-ring (bicyclic) bond motifs is 4. The molecule has 4 N–H and O–H groups in total. The zero-order valence-corrected chi connectivity index (χ0v) is 45.2. The van der Waals surface area contributed by atoms with E-state index in [2.05, 4.69) is 4.98 Å². The molecule has 11 aromatic carbocycles. The Balaban J connectivity index is 0.000000174. The van der Waals surface area contributed by atoms with Gasteiger partial charge in [0.25, 0.3) is 5.91 Å². The molecule has 1 heterocycles. The summed E-state index contributed by atoms with van der Waals surface area (Å²) >= 11 is 0. The van der Waals surface area contributed by atoms with Crippen LogP contribution >= 0.6 is 0 Å². The van der Waals surface area contributed by atoms with Crippen LogP contribution < -0.4 is 4.74 Å². The number of carbonyl (C=O) groups is 4. The number of para-hydroxylation sites is 1. The van der Waals surface area contributed by atoms with Crippen molar-refractivity contribution < 1.29 is 53.8 Å². The van der Waals surface area contributed by atoms with Crippen LogP contribution in [0.5, 0.6) is 28.7 Å². The SMILES string of the molecule is Cc1ccc(COC(=O)c2cc3ccccc3c(-c3c(O)c(C(=O)Oc4ccccc4C)cc4ccccc34)c2O)cc1.Cc1ccc(COC(=O)c2cc3ccccc3c(-c3c(O)c(C(=O)n4ccnc4)cc4ccccc34)c2O)cc1. The summed E-state index contributed by atoms with van der Waals surface area (Å²) in [5.74, 6) is -3.70. The lowest BCUT2D eigenvalue weighted by Gasteiger charge is -2.18. The Kier molecular flexibility index (Phi) is 14.9. The largest absolute Gasteiger partial charge is 0.506 e. The van der Waals surface area contributed by atoms with Gasteiger partial charge in [-0.25, -0.2) is 19.4 Å². The lowest BCUT2D eigenvalue weighted by atomic mass is 9.88. The molecule has 13 nitrogen and oxygen atoms in total. The molecular weight excluding hydrogens is 1040 g/mol. The maximum atomic E-state index is 13.5. The fraction of sp³-hybridized carbons (Fsp3) is 0.0714. The molecule has 0 aliphatic heterocycles. The molecule has 0 aliphatic carbocycles. The van der Waals surface area contributed by atoms with Gasteiger partial charge in [0.15, 0.2) is 0 Å². The predicted molar refractivity (Wildman–Crippen MR) is 319 cm³/mol. The predicted octanol–water partition coefficient (Wildman–Crippen LogP) is 14.9. The number of phenolic OH excluding ortho intramolecular Hbond substituents is 4. The van der Waals surface area contributed by atoms with Crippen LogP contribution in [0.4, 0.5) is 0 Å². The van der Waals surface area contributed by atoms with E-state index in [1.807, 2.05) is 136 Å². The van der Waals surface area contributed by atoms with Crippen LogP contribution in [-0.2, 0) is 22.7 Å². The van der Waals surface area contributed by atoms with E-state index >= 15 is 0 Å². The highest BCUT2D eigenvalue weighted by Crippen LogP contribution is 2.50. The minimum Gasteiger partial charge on any atom is -0.506 e. The van der Waals surface area contributed by atoms with Crippen molar-refractivity contribution in [1.29, 1.82) is 0 Å². The molecule has 0 amide bonds. The third kappa shape index (κ3) is 10.8. The van der Waals surface area contributed by atoms with E-state index in [-0.39, 0.29) is 80.7 Å². The molecule has 0 saturated heterocycles. The summed E-state index contributed by atoms with van der Waals surface area (Å²) in [4.78, 5) is 57.4. The van der Waals surface area contributed by atoms with Gasteiger partial charge in [0.1, 0.15) is 65.0 Å². The van der Waals surface area contributed by atoms with E-state index in [1.165, 1.54) is 23.3 Å². The van der Waals surface area contributed by atoms with Crippen molar-refractivity contribution in [3.05, 3.63) is 263 Å². The van der Waals surface area contributed by atoms with Crippen LogP contribution in [0.1, 0.15) is 69.2 Å². The van der Waals surface area contributed by atoms with Crippen LogP contribution in [0.25, 0.3) is 65.3 Å². The minimum atomic E-state index is -0.753. The molecule has 0 radical (unpaired) electrons. The minimum absolute atomic E-state index is 0.0229. The first kappa shape index (κ1) is 53.9. The number of aromatic nitrogens is 2. The van der Waals surface area contributed by atoms with Crippen molar-refractivity contribution in [2.75, 3.05) is 0 Å². The van der Waals surface area contributed by atoms with Gasteiger partial charge in [-0.15, -0.1) is 0 Å². The summed E-state index contributed by atoms with van der Waals surface area (Å²) in [6, 6.07) is 57.6. The van der Waals surface area contributed by atoms with Crippen molar-refractivity contribution in [3.63, 3.8) is 0 Å². The Morgan fingerprint density at radius 3 is 1.16 bits per heavy atom. The van der Waals surface area contributed by atoms with Crippen LogP contribution in [0.3, 0.4) is 0 Å². The number of carbonyl (C=O) groups excluding carboxylic acids is 4. The Labute approximate surface area is 476 Å². The second kappa shape index (κ2) is 23.0. The first-order valence-corrected chi connectivity index (χ1v) is 26.5. The van der Waals surface area contributed by atoms with Crippen LogP contribution in [0, 0.1) is 20.8 Å². The van der Waals surface area contributed by atoms with Gasteiger partial charge in [-0.2, -0.15) is 0 Å². The van der Waals surface area contributed by atoms with E-state index in [9.17, 15) is 39.6 Å². The van der Waals surface area contributed by atoms with Crippen molar-refractivity contribution in [2.24, 2.45) is 0 Å². The van der Waals surface area contributed by atoms with Gasteiger partial charge in [0, 0.05) is 34.6 Å². The Morgan fingerprint density at radius 1 is 0.422 bits per heavy atom. The average molecular weight is 1100 g/mol. The monoisotopic (exact) mass is 1100 g/mol. The number of phenols is 4. The second-order valence-electron chi connectivity index (χ2n) is 20.0. The maximum absolute atomic E-state index is 13.5. The summed E-state index contributed by atoms with van der Waals surface area (Å²) < 4.78 is 18.1. The molecular formula is C70H52N2O11. The second-order valence-corrected chi connectivity index (χ2v) is 20.0. The van der Waals surface area contributed by atoms with Crippen molar-refractivity contribution in [1.82, 2.24) is 9.55 Å². The Hall–Kier alpha value is -11.1. The fourth-order valence-electron chi connectivity index (χ4n) is 10.2. The topological polar surface area (TPSA) is 195 Å². The number of hydrogen-bond acceptors (Lipinski definition) is 12. The van der Waals surface area contributed by atoms with Crippen LogP contribution in [0.2, 0.25) is 0 Å². The molecule has 0 saturated carbocycles. The molecule has 0 fully saturated rings. The van der Waals surface area contributed by atoms with Gasteiger partial charge in [-0.05, 0) is 111 Å². The molecule has 0 bridgehead atoms. The highest BCUT2D eigenvalue weighted by molar-refractivity contribution is 6.18. The number of hydrogen-bond donors (Lipinski definition) is 4. The average Bonchev–Trinajstić information content (AvgIpc) is 4.23. The van der Waals surface area contributed by atoms with Crippen molar-refractivity contribution >= 4 is 66.9 Å². The van der Waals surface area contributed by atoms with E-state index < -0.39 is 23.8 Å². The number of ether oxygens (including phenoxy) is 3. The molecule has 13 heteroatoms. The van der Waals surface area contributed by atoms with Gasteiger partial charge in [-0.3, -0.25) is 9.36 Å². The smallest absolute Gasteiger partial charge is 0.347 e. The number of rotatable bonds is 11. The Bertz CT molecular complexity index is 4510. The van der Waals surface area contributed by atoms with Gasteiger partial charge < -0.3 is 34.6 Å². The first-order valence-electron chi connectivity index (χ1n) is 26.5. The summed E-state index contributed by atoms with van der Waals surface area (Å²) in [6.45, 7) is 5.82. The van der Waals surface area contributed by atoms with Gasteiger partial charge in [0.2, 0.25) is 0 Å². The summed E-state index contributed by atoms with van der Waals surface area (Å²) in [6.07, 6.45) is 4.32. The fourth-order valence-corrected chi connectivity index (χ4v) is 10.2. The number of aryl methyl sites for hydroxylation is 3. The van der Waals surface area contributed by atoms with Gasteiger partial charge in [0.05, 0.1) is 5.56 Å².